The predicted octanol–water partition coefficient (Wildman–Crippen LogP) is 1.27. The number of carbonyl (C=O) groups excluding carboxylic acids is 1. The van der Waals surface area contributed by atoms with Gasteiger partial charge in [-0.1, -0.05) is 0 Å². The van der Waals surface area contributed by atoms with Crippen molar-refractivity contribution < 1.29 is 9.18 Å². The van der Waals surface area contributed by atoms with Crippen LogP contribution in [0.25, 0.3) is 0 Å². The van der Waals surface area contributed by atoms with E-state index >= 15 is 0 Å². The molecule has 0 bridgehead atoms. The maximum atomic E-state index is 13.9. The van der Waals surface area contributed by atoms with Gasteiger partial charge < -0.3 is 9.47 Å². The molecule has 0 saturated carbocycles. The van der Waals surface area contributed by atoms with Crippen LogP contribution in [0.5, 0.6) is 0 Å². The molecule has 0 N–H and O–H groups in total. The summed E-state index contributed by atoms with van der Waals surface area (Å²) in [5.41, 5.74) is 1.03. The molecular formula is C16H16FN7O. The molecule has 1 amide bonds. The fraction of sp³-hybridized carbons (Fsp3) is 0.312. The van der Waals surface area contributed by atoms with E-state index in [1.54, 1.807) is 22.1 Å². The van der Waals surface area contributed by atoms with Crippen molar-refractivity contribution in [1.29, 1.82) is 0 Å². The number of aromatic nitrogens is 6. The summed E-state index contributed by atoms with van der Waals surface area (Å²) >= 11 is 0. The topological polar surface area (TPSA) is 81.7 Å². The van der Waals surface area contributed by atoms with Gasteiger partial charge in [0.15, 0.2) is 5.82 Å². The van der Waals surface area contributed by atoms with Crippen LogP contribution >= 0.6 is 0 Å². The van der Waals surface area contributed by atoms with E-state index in [0.717, 1.165) is 17.7 Å². The van der Waals surface area contributed by atoms with Gasteiger partial charge in [-0.25, -0.2) is 19.0 Å². The van der Waals surface area contributed by atoms with Crippen molar-refractivity contribution in [2.75, 3.05) is 6.54 Å². The molecule has 3 aromatic heterocycles. The Morgan fingerprint density at radius 2 is 2.20 bits per heavy atom. The average molecular weight is 341 g/mol. The summed E-state index contributed by atoms with van der Waals surface area (Å²) in [7, 11) is 0. The first-order valence-corrected chi connectivity index (χ1v) is 7.92. The highest BCUT2D eigenvalue weighted by molar-refractivity contribution is 5.94. The molecule has 9 heteroatoms. The molecule has 25 heavy (non-hydrogen) atoms. The number of amides is 1. The van der Waals surface area contributed by atoms with E-state index in [1.165, 1.54) is 18.6 Å². The fourth-order valence-electron chi connectivity index (χ4n) is 3.15. The van der Waals surface area contributed by atoms with Gasteiger partial charge in [0.1, 0.15) is 18.5 Å². The van der Waals surface area contributed by atoms with Gasteiger partial charge in [0.05, 0.1) is 36.2 Å². The minimum Gasteiger partial charge on any atom is -0.327 e. The third kappa shape index (κ3) is 2.67. The van der Waals surface area contributed by atoms with Gasteiger partial charge in [-0.05, 0) is 13.0 Å². The van der Waals surface area contributed by atoms with Crippen molar-refractivity contribution in [3.63, 3.8) is 0 Å². The molecule has 0 spiro atoms. The van der Waals surface area contributed by atoms with E-state index in [4.69, 9.17) is 0 Å². The summed E-state index contributed by atoms with van der Waals surface area (Å²) in [6, 6.07) is 1.15. The standard InChI is InChI=1S/C16H16FN7O/c1-11-15-20-6-12(8-22-10-19-9-21-22)24(15)5-4-23(11)16(25)13-2-3-18-7-14(13)17/h2-3,6-7,9-11H,4-5,8H2,1H3/t11-/m1/s1. The summed E-state index contributed by atoms with van der Waals surface area (Å²) in [5, 5.41) is 4.10. The maximum Gasteiger partial charge on any atom is 0.257 e. The number of fused-ring (bicyclic) bond motifs is 1. The number of halogens is 1. The molecule has 0 aromatic carbocycles. The molecule has 4 rings (SSSR count). The zero-order chi connectivity index (χ0) is 17.4. The maximum absolute atomic E-state index is 13.9. The van der Waals surface area contributed by atoms with E-state index in [1.807, 2.05) is 6.92 Å². The van der Waals surface area contributed by atoms with Crippen molar-refractivity contribution in [3.8, 4) is 0 Å². The molecule has 8 nitrogen and oxygen atoms in total. The number of imidazole rings is 1. The summed E-state index contributed by atoms with van der Waals surface area (Å²) in [4.78, 5) is 26.4. The summed E-state index contributed by atoms with van der Waals surface area (Å²) in [6.45, 7) is 3.54. The lowest BCUT2D eigenvalue weighted by atomic mass is 10.1. The van der Waals surface area contributed by atoms with Crippen molar-refractivity contribution in [1.82, 2.24) is 34.2 Å². The molecule has 0 unspecified atom stereocenters. The fourth-order valence-corrected chi connectivity index (χ4v) is 3.15. The second-order valence-electron chi connectivity index (χ2n) is 5.88. The minimum atomic E-state index is -0.611. The lowest BCUT2D eigenvalue weighted by Crippen LogP contribution is -2.42. The van der Waals surface area contributed by atoms with Crippen LogP contribution in [0.1, 0.15) is 34.8 Å². The first-order chi connectivity index (χ1) is 12.1. The van der Waals surface area contributed by atoms with Crippen LogP contribution in [-0.4, -0.2) is 46.7 Å². The van der Waals surface area contributed by atoms with E-state index in [9.17, 15) is 9.18 Å². The van der Waals surface area contributed by atoms with Gasteiger partial charge in [-0.15, -0.1) is 0 Å². The van der Waals surface area contributed by atoms with E-state index in [2.05, 4.69) is 24.6 Å². The van der Waals surface area contributed by atoms with Gasteiger partial charge in [0.25, 0.3) is 5.91 Å². The van der Waals surface area contributed by atoms with Crippen LogP contribution < -0.4 is 0 Å². The van der Waals surface area contributed by atoms with Crippen molar-refractivity contribution in [3.05, 3.63) is 60.2 Å². The summed E-state index contributed by atoms with van der Waals surface area (Å²) < 4.78 is 17.7. The zero-order valence-electron chi connectivity index (χ0n) is 13.6. The quantitative estimate of drug-likeness (QED) is 0.717. The molecule has 1 aliphatic heterocycles. The van der Waals surface area contributed by atoms with Gasteiger partial charge in [-0.2, -0.15) is 5.10 Å². The first kappa shape index (κ1) is 15.4. The third-order valence-electron chi connectivity index (χ3n) is 4.43. The van der Waals surface area contributed by atoms with E-state index in [-0.39, 0.29) is 17.5 Å². The van der Waals surface area contributed by atoms with E-state index < -0.39 is 5.82 Å². The number of hydrogen-bond donors (Lipinski definition) is 0. The molecule has 128 valence electrons. The van der Waals surface area contributed by atoms with Gasteiger partial charge in [0.2, 0.25) is 0 Å². The Kier molecular flexibility index (Phi) is 3.75. The Balaban J connectivity index is 1.60. The van der Waals surface area contributed by atoms with Crippen LogP contribution in [0, 0.1) is 5.82 Å². The molecule has 3 aromatic rings. The Morgan fingerprint density at radius 3 is 2.96 bits per heavy atom. The molecule has 0 saturated heterocycles. The van der Waals surface area contributed by atoms with Gasteiger partial charge in [0, 0.05) is 19.3 Å². The number of carbonyl (C=O) groups is 1. The van der Waals surface area contributed by atoms with E-state index in [0.29, 0.717) is 19.6 Å². The lowest BCUT2D eigenvalue weighted by molar-refractivity contribution is 0.0631. The van der Waals surface area contributed by atoms with Crippen LogP contribution in [0.2, 0.25) is 0 Å². The second-order valence-corrected chi connectivity index (χ2v) is 5.88. The van der Waals surface area contributed by atoms with Crippen molar-refractivity contribution >= 4 is 5.91 Å². The molecule has 4 heterocycles. The predicted molar refractivity (Wildman–Crippen MR) is 85.0 cm³/mol. The number of hydrogen-bond acceptors (Lipinski definition) is 5. The van der Waals surface area contributed by atoms with Crippen LogP contribution in [-0.2, 0) is 13.1 Å². The molecular weight excluding hydrogens is 325 g/mol. The minimum absolute atomic E-state index is 0.0321. The normalized spacial score (nSPS) is 16.7. The van der Waals surface area contributed by atoms with Crippen LogP contribution in [0.3, 0.4) is 0 Å². The average Bonchev–Trinajstić information content (AvgIpc) is 3.26. The molecule has 0 fully saturated rings. The Hall–Kier alpha value is -3.10. The Morgan fingerprint density at radius 1 is 1.32 bits per heavy atom. The second kappa shape index (κ2) is 6.08. The smallest absolute Gasteiger partial charge is 0.257 e. The molecule has 0 radical (unpaired) electrons. The highest BCUT2D eigenvalue weighted by atomic mass is 19.1. The molecule has 1 aliphatic rings. The van der Waals surface area contributed by atoms with Gasteiger partial charge in [-0.3, -0.25) is 9.78 Å². The third-order valence-corrected chi connectivity index (χ3v) is 4.43. The summed E-state index contributed by atoms with van der Waals surface area (Å²) in [6.07, 6.45) is 7.39. The highest BCUT2D eigenvalue weighted by Gasteiger charge is 2.31. The van der Waals surface area contributed by atoms with Gasteiger partial charge >= 0.3 is 0 Å². The number of rotatable bonds is 3. The largest absolute Gasteiger partial charge is 0.327 e. The number of pyridine rings is 1. The molecule has 1 atom stereocenters. The summed E-state index contributed by atoms with van der Waals surface area (Å²) in [5.74, 6) is -0.177. The number of nitrogens with zero attached hydrogens (tertiary/aromatic N) is 7. The SMILES string of the molecule is C[C@@H]1c2ncc(Cn3cncn3)n2CCN1C(=O)c1ccncc1F. The van der Waals surface area contributed by atoms with Crippen LogP contribution in [0.15, 0.2) is 37.3 Å². The highest BCUT2D eigenvalue weighted by Crippen LogP contribution is 2.27. The zero-order valence-corrected chi connectivity index (χ0v) is 13.6. The molecule has 0 aliphatic carbocycles. The lowest BCUT2D eigenvalue weighted by Gasteiger charge is -2.34. The first-order valence-electron chi connectivity index (χ1n) is 7.92. The van der Waals surface area contributed by atoms with Crippen molar-refractivity contribution in [2.24, 2.45) is 0 Å². The Labute approximate surface area is 143 Å². The van der Waals surface area contributed by atoms with Crippen molar-refractivity contribution in [2.45, 2.75) is 26.1 Å². The Bertz CT molecular complexity index is 905. The van der Waals surface area contributed by atoms with Crippen LogP contribution in [0.4, 0.5) is 4.39 Å². The monoisotopic (exact) mass is 341 g/mol.